The normalized spacial score (nSPS) is 31.7. The van der Waals surface area contributed by atoms with Gasteiger partial charge in [-0.3, -0.25) is 0 Å². The van der Waals surface area contributed by atoms with Crippen LogP contribution in [0.15, 0.2) is 62.2 Å². The Morgan fingerprint density at radius 3 is 2.53 bits per heavy atom. The molecule has 0 saturated heterocycles. The van der Waals surface area contributed by atoms with Crippen LogP contribution in [0.25, 0.3) is 0 Å². The number of para-hydroxylation sites is 1. The van der Waals surface area contributed by atoms with Crippen LogP contribution in [0.1, 0.15) is 17.9 Å². The largest absolute Gasteiger partial charge is 0.363 e. The van der Waals surface area contributed by atoms with Crippen molar-refractivity contribution in [3.63, 3.8) is 0 Å². The monoisotopic (exact) mass is 251 g/mol. The number of anilines is 1. The molecule has 1 aromatic rings. The van der Waals surface area contributed by atoms with Crippen LogP contribution in [-0.4, -0.2) is 12.6 Å². The van der Waals surface area contributed by atoms with E-state index in [0.29, 0.717) is 23.8 Å². The minimum atomic E-state index is 0.524. The summed E-state index contributed by atoms with van der Waals surface area (Å²) >= 11 is 0. The number of rotatable bonds is 4. The Bertz CT molecular complexity index is 516. The van der Waals surface area contributed by atoms with Gasteiger partial charge in [-0.05, 0) is 29.9 Å². The van der Waals surface area contributed by atoms with E-state index in [-0.39, 0.29) is 0 Å². The first-order valence-electron chi connectivity index (χ1n) is 7.03. The predicted octanol–water partition coefficient (Wildman–Crippen LogP) is 4.15. The van der Waals surface area contributed by atoms with E-state index in [1.807, 2.05) is 6.08 Å². The molecule has 1 aliphatic heterocycles. The molecule has 0 bridgehead atoms. The van der Waals surface area contributed by atoms with Gasteiger partial charge in [0.25, 0.3) is 0 Å². The highest BCUT2D eigenvalue weighted by Gasteiger charge is 2.49. The second-order valence-electron chi connectivity index (χ2n) is 5.55. The van der Waals surface area contributed by atoms with Gasteiger partial charge in [0.1, 0.15) is 0 Å². The number of hydrogen-bond acceptors (Lipinski definition) is 1. The SMILES string of the molecule is C=CCN1c2ccccc2[C@H]2[C@@H]1[C@H](C=C)C[C@@H]2C=C. The highest BCUT2D eigenvalue weighted by atomic mass is 15.2. The molecule has 1 heterocycles. The fourth-order valence-electron chi connectivity index (χ4n) is 3.99. The van der Waals surface area contributed by atoms with Crippen LogP contribution in [0.3, 0.4) is 0 Å². The van der Waals surface area contributed by atoms with Crippen LogP contribution >= 0.6 is 0 Å². The van der Waals surface area contributed by atoms with E-state index in [2.05, 4.69) is 61.1 Å². The van der Waals surface area contributed by atoms with Gasteiger partial charge in [0.15, 0.2) is 0 Å². The number of allylic oxidation sites excluding steroid dienone is 1. The molecule has 98 valence electrons. The zero-order valence-electron chi connectivity index (χ0n) is 11.3. The van der Waals surface area contributed by atoms with E-state index in [1.165, 1.54) is 17.7 Å². The minimum absolute atomic E-state index is 0.524. The smallest absolute Gasteiger partial charge is 0.0431 e. The molecule has 1 saturated carbocycles. The zero-order valence-corrected chi connectivity index (χ0v) is 11.3. The van der Waals surface area contributed by atoms with Gasteiger partial charge in [-0.25, -0.2) is 0 Å². The predicted molar refractivity (Wildman–Crippen MR) is 82.5 cm³/mol. The molecule has 0 spiro atoms. The van der Waals surface area contributed by atoms with Crippen LogP contribution < -0.4 is 4.90 Å². The number of nitrogens with zero attached hydrogens (tertiary/aromatic N) is 1. The highest BCUT2D eigenvalue weighted by molar-refractivity contribution is 5.64. The molecule has 1 heteroatoms. The summed E-state index contributed by atoms with van der Waals surface area (Å²) < 4.78 is 0. The topological polar surface area (TPSA) is 3.24 Å². The molecular formula is C18H21N. The molecular weight excluding hydrogens is 230 g/mol. The second kappa shape index (κ2) is 4.73. The molecule has 0 N–H and O–H groups in total. The van der Waals surface area contributed by atoms with Gasteiger partial charge in [0.2, 0.25) is 0 Å². The first kappa shape index (κ1) is 12.3. The van der Waals surface area contributed by atoms with Crippen molar-refractivity contribution in [1.82, 2.24) is 0 Å². The molecule has 2 aliphatic rings. The summed E-state index contributed by atoms with van der Waals surface area (Å²) in [4.78, 5) is 2.50. The average molecular weight is 251 g/mol. The van der Waals surface area contributed by atoms with Crippen LogP contribution in [0.5, 0.6) is 0 Å². The van der Waals surface area contributed by atoms with E-state index in [0.717, 1.165) is 6.54 Å². The maximum absolute atomic E-state index is 4.04. The van der Waals surface area contributed by atoms with Crippen LogP contribution in [0.2, 0.25) is 0 Å². The second-order valence-corrected chi connectivity index (χ2v) is 5.55. The summed E-state index contributed by atoms with van der Waals surface area (Å²) in [5, 5.41) is 0. The van der Waals surface area contributed by atoms with E-state index >= 15 is 0 Å². The molecule has 1 aromatic carbocycles. The van der Waals surface area contributed by atoms with E-state index in [1.54, 1.807) is 0 Å². The Labute approximate surface area is 115 Å². The maximum Gasteiger partial charge on any atom is 0.0431 e. The van der Waals surface area contributed by atoms with Gasteiger partial charge >= 0.3 is 0 Å². The summed E-state index contributed by atoms with van der Waals surface area (Å²) in [7, 11) is 0. The third-order valence-electron chi connectivity index (χ3n) is 4.71. The van der Waals surface area contributed by atoms with Crippen molar-refractivity contribution >= 4 is 5.69 Å². The molecule has 19 heavy (non-hydrogen) atoms. The van der Waals surface area contributed by atoms with Crippen molar-refractivity contribution in [2.24, 2.45) is 11.8 Å². The lowest BCUT2D eigenvalue weighted by atomic mass is 9.89. The first-order valence-corrected chi connectivity index (χ1v) is 7.03. The van der Waals surface area contributed by atoms with E-state index in [9.17, 15) is 0 Å². The van der Waals surface area contributed by atoms with E-state index < -0.39 is 0 Å². The van der Waals surface area contributed by atoms with Crippen LogP contribution in [-0.2, 0) is 0 Å². The molecule has 1 aliphatic carbocycles. The van der Waals surface area contributed by atoms with Gasteiger partial charge < -0.3 is 4.90 Å². The minimum Gasteiger partial charge on any atom is -0.363 e. The molecule has 3 rings (SSSR count). The van der Waals surface area contributed by atoms with Crippen LogP contribution in [0, 0.1) is 11.8 Å². The molecule has 1 nitrogen and oxygen atoms in total. The Kier molecular flexibility index (Phi) is 3.06. The maximum atomic E-state index is 4.04. The first-order chi connectivity index (χ1) is 9.31. The zero-order chi connectivity index (χ0) is 13.4. The third kappa shape index (κ3) is 1.68. The molecule has 0 aromatic heterocycles. The summed E-state index contributed by atoms with van der Waals surface area (Å²) in [5.41, 5.74) is 2.85. The summed E-state index contributed by atoms with van der Waals surface area (Å²) in [6.45, 7) is 12.9. The van der Waals surface area contributed by atoms with Crippen molar-refractivity contribution in [3.8, 4) is 0 Å². The molecule has 1 fully saturated rings. The van der Waals surface area contributed by atoms with Gasteiger partial charge in [0, 0.05) is 24.2 Å². The summed E-state index contributed by atoms with van der Waals surface area (Å²) in [6.07, 6.45) is 7.43. The Morgan fingerprint density at radius 2 is 1.84 bits per heavy atom. The number of fused-ring (bicyclic) bond motifs is 3. The van der Waals surface area contributed by atoms with Gasteiger partial charge in [0.05, 0.1) is 0 Å². The van der Waals surface area contributed by atoms with Crippen molar-refractivity contribution in [3.05, 3.63) is 67.8 Å². The van der Waals surface area contributed by atoms with Crippen molar-refractivity contribution in [2.75, 3.05) is 11.4 Å². The van der Waals surface area contributed by atoms with Crippen molar-refractivity contribution in [1.29, 1.82) is 0 Å². The third-order valence-corrected chi connectivity index (χ3v) is 4.71. The van der Waals surface area contributed by atoms with Gasteiger partial charge in [-0.2, -0.15) is 0 Å². The van der Waals surface area contributed by atoms with Gasteiger partial charge in [-0.1, -0.05) is 36.4 Å². The lowest BCUT2D eigenvalue weighted by molar-refractivity contribution is 0.525. The van der Waals surface area contributed by atoms with Crippen LogP contribution in [0.4, 0.5) is 5.69 Å². The Morgan fingerprint density at radius 1 is 1.11 bits per heavy atom. The lowest BCUT2D eigenvalue weighted by Crippen LogP contribution is -2.36. The summed E-state index contributed by atoms with van der Waals surface area (Å²) in [5.74, 6) is 1.67. The molecule has 0 radical (unpaired) electrons. The van der Waals surface area contributed by atoms with Crippen molar-refractivity contribution in [2.45, 2.75) is 18.4 Å². The Balaban J connectivity index is 2.10. The molecule has 4 atom stereocenters. The number of hydrogen-bond donors (Lipinski definition) is 0. The number of benzene rings is 1. The highest BCUT2D eigenvalue weighted by Crippen LogP contribution is 2.54. The fraction of sp³-hybridized carbons (Fsp3) is 0.333. The van der Waals surface area contributed by atoms with Crippen molar-refractivity contribution < 1.29 is 0 Å². The lowest BCUT2D eigenvalue weighted by Gasteiger charge is -2.29. The molecule has 0 unspecified atom stereocenters. The standard InChI is InChI=1S/C18H21N/c1-4-11-19-16-10-8-7-9-15(16)17-13(5-2)12-14(6-3)18(17)19/h4-10,13-14,17-18H,1-3,11-12H2/t13-,14+,17-,18-/m0/s1. The quantitative estimate of drug-likeness (QED) is 0.726. The molecule has 0 amide bonds. The fourth-order valence-corrected chi connectivity index (χ4v) is 3.99. The van der Waals surface area contributed by atoms with Gasteiger partial charge in [-0.15, -0.1) is 19.7 Å². The van der Waals surface area contributed by atoms with E-state index in [4.69, 9.17) is 0 Å². The summed E-state index contributed by atoms with van der Waals surface area (Å²) in [6, 6.07) is 9.31. The average Bonchev–Trinajstić information content (AvgIpc) is 2.96. The Hall–Kier alpha value is -1.76.